The largest absolute Gasteiger partial charge is 0.462 e. The predicted octanol–water partition coefficient (Wildman–Crippen LogP) is 20.8. The highest BCUT2D eigenvalue weighted by Crippen LogP contribution is 2.19. The molecule has 0 radical (unpaired) electrons. The van der Waals surface area contributed by atoms with Gasteiger partial charge in [0.25, 0.3) is 0 Å². The molecule has 0 aromatic heterocycles. The molecule has 0 N–H and O–H groups in total. The number of carbonyl (C=O) groups excluding carboxylic acids is 3. The lowest BCUT2D eigenvalue weighted by atomic mass is 9.99. The molecule has 0 aromatic carbocycles. The van der Waals surface area contributed by atoms with Crippen molar-refractivity contribution in [1.82, 2.24) is 0 Å². The maximum absolute atomic E-state index is 12.9. The summed E-state index contributed by atoms with van der Waals surface area (Å²) in [6.45, 7) is 11.5. The van der Waals surface area contributed by atoms with E-state index in [9.17, 15) is 14.4 Å². The number of hydrogen-bond acceptors (Lipinski definition) is 6. The predicted molar refractivity (Wildman–Crippen MR) is 298 cm³/mol. The van der Waals surface area contributed by atoms with Gasteiger partial charge in [0, 0.05) is 19.3 Å². The standard InChI is InChI=1S/C63H122O6/c1-6-8-9-10-11-12-13-14-15-21-25-28-35-40-45-50-55-63(66)69-60(57-68-62(65)54-49-44-39-34-30-29-31-36-41-46-51-58(3)4)56-67-61(64)53-48-43-38-33-27-24-22-19-17-16-18-20-23-26-32-37-42-47-52-59(5)7-2/h58-60H,6-57H2,1-5H3/t59?,60-/m0/s1. The average Bonchev–Trinajstić information content (AvgIpc) is 3.34. The fourth-order valence-corrected chi connectivity index (χ4v) is 9.73. The quantitative estimate of drug-likeness (QED) is 0.0343. The van der Waals surface area contributed by atoms with Gasteiger partial charge < -0.3 is 14.2 Å². The van der Waals surface area contributed by atoms with E-state index in [1.165, 1.54) is 244 Å². The highest BCUT2D eigenvalue weighted by atomic mass is 16.6. The number of unbranched alkanes of at least 4 members (excludes halogenated alkanes) is 41. The minimum atomic E-state index is -0.763. The molecule has 0 aliphatic carbocycles. The lowest BCUT2D eigenvalue weighted by molar-refractivity contribution is -0.167. The third-order valence-electron chi connectivity index (χ3n) is 14.8. The van der Waals surface area contributed by atoms with E-state index in [4.69, 9.17) is 14.2 Å². The molecular formula is C63H122O6. The lowest BCUT2D eigenvalue weighted by Gasteiger charge is -2.18. The molecule has 1 unspecified atom stereocenters. The van der Waals surface area contributed by atoms with Crippen LogP contribution >= 0.6 is 0 Å². The van der Waals surface area contributed by atoms with Gasteiger partial charge >= 0.3 is 17.9 Å². The van der Waals surface area contributed by atoms with E-state index in [1.807, 2.05) is 0 Å². The Balaban J connectivity index is 4.24. The highest BCUT2D eigenvalue weighted by molar-refractivity contribution is 5.71. The highest BCUT2D eigenvalue weighted by Gasteiger charge is 2.19. The van der Waals surface area contributed by atoms with Gasteiger partial charge in [-0.1, -0.05) is 317 Å². The second-order valence-electron chi connectivity index (χ2n) is 22.4. The van der Waals surface area contributed by atoms with Crippen molar-refractivity contribution in [2.75, 3.05) is 13.2 Å². The van der Waals surface area contributed by atoms with E-state index < -0.39 is 6.10 Å². The van der Waals surface area contributed by atoms with Crippen molar-refractivity contribution in [3.05, 3.63) is 0 Å². The van der Waals surface area contributed by atoms with Gasteiger partial charge in [0.05, 0.1) is 0 Å². The number of ether oxygens (including phenoxy) is 3. The first-order valence-electron chi connectivity index (χ1n) is 31.3. The third-order valence-corrected chi connectivity index (χ3v) is 14.8. The molecule has 0 aromatic rings. The summed E-state index contributed by atoms with van der Waals surface area (Å²) in [6.07, 6.45) is 61.0. The van der Waals surface area contributed by atoms with Gasteiger partial charge in [-0.25, -0.2) is 0 Å². The van der Waals surface area contributed by atoms with Gasteiger partial charge in [-0.2, -0.15) is 0 Å². The van der Waals surface area contributed by atoms with Gasteiger partial charge in [0.15, 0.2) is 6.10 Å². The van der Waals surface area contributed by atoms with Gasteiger partial charge in [-0.15, -0.1) is 0 Å². The van der Waals surface area contributed by atoms with Gasteiger partial charge in [0.2, 0.25) is 0 Å². The second-order valence-corrected chi connectivity index (χ2v) is 22.4. The molecule has 0 saturated carbocycles. The lowest BCUT2D eigenvalue weighted by Crippen LogP contribution is -2.30. The number of rotatable bonds is 57. The van der Waals surface area contributed by atoms with Crippen molar-refractivity contribution < 1.29 is 28.6 Å². The normalized spacial score (nSPS) is 12.4. The van der Waals surface area contributed by atoms with Crippen molar-refractivity contribution in [3.63, 3.8) is 0 Å². The second kappa shape index (κ2) is 55.7. The monoisotopic (exact) mass is 975 g/mol. The van der Waals surface area contributed by atoms with E-state index in [0.29, 0.717) is 19.3 Å². The summed E-state index contributed by atoms with van der Waals surface area (Å²) in [5.41, 5.74) is 0. The van der Waals surface area contributed by atoms with E-state index >= 15 is 0 Å². The fourth-order valence-electron chi connectivity index (χ4n) is 9.73. The molecule has 0 spiro atoms. The van der Waals surface area contributed by atoms with Crippen LogP contribution in [0.5, 0.6) is 0 Å². The first-order chi connectivity index (χ1) is 33.8. The van der Waals surface area contributed by atoms with E-state index in [0.717, 1.165) is 69.6 Å². The summed E-state index contributed by atoms with van der Waals surface area (Å²) in [5, 5.41) is 0. The van der Waals surface area contributed by atoms with Crippen LogP contribution in [-0.4, -0.2) is 37.2 Å². The topological polar surface area (TPSA) is 78.9 Å². The van der Waals surface area contributed by atoms with Crippen LogP contribution in [0.2, 0.25) is 0 Å². The summed E-state index contributed by atoms with van der Waals surface area (Å²) >= 11 is 0. The number of esters is 3. The molecule has 0 fully saturated rings. The molecule has 2 atom stereocenters. The Bertz CT molecular complexity index is 1060. The van der Waals surface area contributed by atoms with E-state index in [2.05, 4.69) is 34.6 Å². The Morgan fingerprint density at radius 2 is 0.551 bits per heavy atom. The number of carbonyl (C=O) groups is 3. The zero-order chi connectivity index (χ0) is 50.4. The fraction of sp³-hybridized carbons (Fsp3) is 0.952. The van der Waals surface area contributed by atoms with Crippen molar-refractivity contribution in [3.8, 4) is 0 Å². The Hall–Kier alpha value is -1.59. The molecule has 0 heterocycles. The van der Waals surface area contributed by atoms with Gasteiger partial charge in [-0.05, 0) is 31.1 Å². The zero-order valence-corrected chi connectivity index (χ0v) is 47.5. The summed E-state index contributed by atoms with van der Waals surface area (Å²) < 4.78 is 16.9. The van der Waals surface area contributed by atoms with Crippen LogP contribution in [0.1, 0.15) is 356 Å². The van der Waals surface area contributed by atoms with Crippen LogP contribution in [-0.2, 0) is 28.6 Å². The molecule has 6 nitrogen and oxygen atoms in total. The summed E-state index contributed by atoms with van der Waals surface area (Å²) in [7, 11) is 0. The minimum absolute atomic E-state index is 0.0622. The summed E-state index contributed by atoms with van der Waals surface area (Å²) in [5.74, 6) is 0.894. The molecule has 0 bridgehead atoms. The van der Waals surface area contributed by atoms with Crippen LogP contribution in [0.15, 0.2) is 0 Å². The molecule has 0 saturated heterocycles. The molecule has 0 amide bonds. The maximum Gasteiger partial charge on any atom is 0.306 e. The molecule has 0 aliphatic heterocycles. The van der Waals surface area contributed by atoms with Gasteiger partial charge in [-0.3, -0.25) is 14.4 Å². The number of hydrogen-bond donors (Lipinski definition) is 0. The molecule has 6 heteroatoms. The van der Waals surface area contributed by atoms with Crippen LogP contribution < -0.4 is 0 Å². The average molecular weight is 976 g/mol. The Labute approximate surface area is 431 Å². The van der Waals surface area contributed by atoms with Crippen molar-refractivity contribution in [2.24, 2.45) is 11.8 Å². The molecule has 69 heavy (non-hydrogen) atoms. The van der Waals surface area contributed by atoms with Crippen molar-refractivity contribution in [2.45, 2.75) is 362 Å². The van der Waals surface area contributed by atoms with Crippen LogP contribution in [0.4, 0.5) is 0 Å². The molecule has 410 valence electrons. The molecule has 0 aliphatic rings. The van der Waals surface area contributed by atoms with Crippen LogP contribution in [0.25, 0.3) is 0 Å². The third kappa shape index (κ3) is 55.6. The summed E-state index contributed by atoms with van der Waals surface area (Å²) in [6, 6.07) is 0. The first kappa shape index (κ1) is 67.4. The van der Waals surface area contributed by atoms with Gasteiger partial charge in [0.1, 0.15) is 13.2 Å². The summed E-state index contributed by atoms with van der Waals surface area (Å²) in [4.78, 5) is 38.2. The Morgan fingerprint density at radius 1 is 0.304 bits per heavy atom. The smallest absolute Gasteiger partial charge is 0.306 e. The Morgan fingerprint density at radius 3 is 0.826 bits per heavy atom. The molecule has 0 rings (SSSR count). The first-order valence-corrected chi connectivity index (χ1v) is 31.3. The van der Waals surface area contributed by atoms with Crippen LogP contribution in [0, 0.1) is 11.8 Å². The maximum atomic E-state index is 12.9. The minimum Gasteiger partial charge on any atom is -0.462 e. The van der Waals surface area contributed by atoms with E-state index in [-0.39, 0.29) is 31.1 Å². The molecular weight excluding hydrogens is 853 g/mol. The Kier molecular flexibility index (Phi) is 54.4. The zero-order valence-electron chi connectivity index (χ0n) is 47.5. The van der Waals surface area contributed by atoms with E-state index in [1.54, 1.807) is 0 Å². The van der Waals surface area contributed by atoms with Crippen LogP contribution in [0.3, 0.4) is 0 Å². The SMILES string of the molecule is CCCCCCCCCCCCCCCCCCC(=O)O[C@@H](COC(=O)CCCCCCCCCCCCCCCCCCCCC(C)CC)COC(=O)CCCCCCCCCCCCC(C)C. The van der Waals surface area contributed by atoms with Crippen molar-refractivity contribution in [1.29, 1.82) is 0 Å². The van der Waals surface area contributed by atoms with Crippen molar-refractivity contribution >= 4 is 17.9 Å².